The molecular formula is C27H32N2O4. The minimum atomic E-state index is -0.352. The summed E-state index contributed by atoms with van der Waals surface area (Å²) in [5.74, 6) is 0.555. The van der Waals surface area contributed by atoms with Crippen LogP contribution in [0.1, 0.15) is 48.2 Å². The number of nitrogens with one attached hydrogen (secondary N) is 2. The lowest BCUT2D eigenvalue weighted by molar-refractivity contribution is -0.116. The van der Waals surface area contributed by atoms with Crippen molar-refractivity contribution in [3.8, 4) is 11.5 Å². The fraction of sp³-hybridized carbons (Fsp3) is 0.333. The first-order valence-corrected chi connectivity index (χ1v) is 11.3. The van der Waals surface area contributed by atoms with Crippen LogP contribution in [0.4, 0.5) is 5.69 Å². The van der Waals surface area contributed by atoms with Gasteiger partial charge in [0.05, 0.1) is 12.2 Å². The van der Waals surface area contributed by atoms with Crippen molar-refractivity contribution >= 4 is 28.3 Å². The number of aryl methyl sites for hydroxylation is 2. The molecule has 0 fully saturated rings. The molecule has 0 bridgehead atoms. The molecule has 174 valence electrons. The van der Waals surface area contributed by atoms with E-state index in [-0.39, 0.29) is 29.0 Å². The second-order valence-corrected chi connectivity index (χ2v) is 8.74. The van der Waals surface area contributed by atoms with Gasteiger partial charge in [-0.05, 0) is 49.9 Å². The lowest BCUT2D eigenvalue weighted by atomic mass is 10.0. The molecule has 6 nitrogen and oxygen atoms in total. The smallest absolute Gasteiger partial charge is 0.255 e. The molecule has 0 unspecified atom stereocenters. The monoisotopic (exact) mass is 448 g/mol. The van der Waals surface area contributed by atoms with Crippen molar-refractivity contribution in [2.45, 2.75) is 40.5 Å². The highest BCUT2D eigenvalue weighted by Crippen LogP contribution is 2.33. The van der Waals surface area contributed by atoms with E-state index < -0.39 is 0 Å². The van der Waals surface area contributed by atoms with Crippen molar-refractivity contribution in [2.75, 3.05) is 18.5 Å². The average Bonchev–Trinajstić information content (AvgIpc) is 2.75. The average molecular weight is 449 g/mol. The zero-order valence-corrected chi connectivity index (χ0v) is 19.7. The predicted molar refractivity (Wildman–Crippen MR) is 132 cm³/mol. The topological polar surface area (TPSA) is 87.7 Å². The number of rotatable bonds is 9. The maximum Gasteiger partial charge on any atom is 0.255 e. The molecule has 3 aromatic rings. The summed E-state index contributed by atoms with van der Waals surface area (Å²) in [6, 6.07) is 14.6. The number of hydrogen-bond acceptors (Lipinski definition) is 4. The molecular weight excluding hydrogens is 416 g/mol. The Morgan fingerprint density at radius 3 is 2.55 bits per heavy atom. The molecule has 0 aliphatic rings. The van der Waals surface area contributed by atoms with Crippen molar-refractivity contribution in [1.29, 1.82) is 0 Å². The Morgan fingerprint density at radius 1 is 1.03 bits per heavy atom. The summed E-state index contributed by atoms with van der Waals surface area (Å²) in [7, 11) is 0. The second-order valence-electron chi connectivity index (χ2n) is 8.74. The number of benzene rings is 3. The van der Waals surface area contributed by atoms with Crippen LogP contribution in [-0.2, 0) is 4.79 Å². The zero-order chi connectivity index (χ0) is 24.0. The van der Waals surface area contributed by atoms with Crippen LogP contribution in [-0.4, -0.2) is 30.1 Å². The number of phenols is 1. The first-order valence-electron chi connectivity index (χ1n) is 11.3. The van der Waals surface area contributed by atoms with Gasteiger partial charge >= 0.3 is 0 Å². The summed E-state index contributed by atoms with van der Waals surface area (Å²) >= 11 is 0. The summed E-state index contributed by atoms with van der Waals surface area (Å²) in [6.07, 6.45) is 1.05. The van der Waals surface area contributed by atoms with Gasteiger partial charge in [0.1, 0.15) is 11.5 Å². The van der Waals surface area contributed by atoms with Gasteiger partial charge in [-0.2, -0.15) is 0 Å². The fourth-order valence-corrected chi connectivity index (χ4v) is 3.72. The van der Waals surface area contributed by atoms with Crippen LogP contribution in [0.25, 0.3) is 10.8 Å². The Morgan fingerprint density at radius 2 is 1.82 bits per heavy atom. The zero-order valence-electron chi connectivity index (χ0n) is 19.7. The van der Waals surface area contributed by atoms with Crippen molar-refractivity contribution in [3.05, 3.63) is 65.2 Å². The quantitative estimate of drug-likeness (QED) is 0.385. The summed E-state index contributed by atoms with van der Waals surface area (Å²) in [6.45, 7) is 8.91. The van der Waals surface area contributed by atoms with E-state index in [4.69, 9.17) is 4.74 Å². The van der Waals surface area contributed by atoms with E-state index in [9.17, 15) is 14.7 Å². The van der Waals surface area contributed by atoms with Crippen molar-refractivity contribution in [2.24, 2.45) is 5.92 Å². The van der Waals surface area contributed by atoms with Gasteiger partial charge in [0.15, 0.2) is 0 Å². The number of carbonyl (C=O) groups excluding carboxylic acids is 2. The molecule has 3 aromatic carbocycles. The van der Waals surface area contributed by atoms with Crippen LogP contribution >= 0.6 is 0 Å². The number of carbonyl (C=O) groups is 2. The highest BCUT2D eigenvalue weighted by atomic mass is 16.5. The lowest BCUT2D eigenvalue weighted by Gasteiger charge is -2.13. The molecule has 3 rings (SSSR count). The summed E-state index contributed by atoms with van der Waals surface area (Å²) in [5, 5.41) is 17.7. The molecule has 3 N–H and O–H groups in total. The van der Waals surface area contributed by atoms with Gasteiger partial charge in [-0.15, -0.1) is 0 Å². The standard InChI is InChI=1S/C27H32N2O4/c1-17(2)15-25(30)29-23-8-5-7-21-20(23)10-11-22(26(21)31)27(32)28-13-6-14-33-24-12-9-18(3)16-19(24)4/h5,7-12,16-17,31H,6,13-15H2,1-4H3,(H,28,32)(H,29,30). The van der Waals surface area contributed by atoms with Gasteiger partial charge in [0, 0.05) is 29.4 Å². The van der Waals surface area contributed by atoms with Gasteiger partial charge in [-0.25, -0.2) is 0 Å². The van der Waals surface area contributed by atoms with Crippen molar-refractivity contribution < 1.29 is 19.4 Å². The third kappa shape index (κ3) is 6.25. The molecule has 0 aliphatic carbocycles. The number of aromatic hydroxyl groups is 1. The third-order valence-electron chi connectivity index (χ3n) is 5.34. The molecule has 0 saturated heterocycles. The lowest BCUT2D eigenvalue weighted by Crippen LogP contribution is -2.25. The Balaban J connectivity index is 1.60. The molecule has 0 radical (unpaired) electrons. The predicted octanol–water partition coefficient (Wildman–Crippen LogP) is 5.35. The van der Waals surface area contributed by atoms with Crippen LogP contribution in [0.2, 0.25) is 0 Å². The van der Waals surface area contributed by atoms with Gasteiger partial charge in [0.2, 0.25) is 5.91 Å². The third-order valence-corrected chi connectivity index (χ3v) is 5.34. The number of amides is 2. The minimum absolute atomic E-state index is 0.0816. The minimum Gasteiger partial charge on any atom is -0.506 e. The van der Waals surface area contributed by atoms with E-state index in [0.717, 1.165) is 11.3 Å². The van der Waals surface area contributed by atoms with Crippen LogP contribution in [0.15, 0.2) is 48.5 Å². The van der Waals surface area contributed by atoms with E-state index in [1.807, 2.05) is 39.8 Å². The number of ether oxygens (including phenoxy) is 1. The summed E-state index contributed by atoms with van der Waals surface area (Å²) in [5.41, 5.74) is 3.08. The van der Waals surface area contributed by atoms with Crippen LogP contribution in [0.5, 0.6) is 11.5 Å². The molecule has 0 aromatic heterocycles. The van der Waals surface area contributed by atoms with Crippen LogP contribution in [0.3, 0.4) is 0 Å². The van der Waals surface area contributed by atoms with Gasteiger partial charge in [-0.1, -0.05) is 49.7 Å². The molecule has 0 atom stereocenters. The fourth-order valence-electron chi connectivity index (χ4n) is 3.72. The molecule has 2 amide bonds. The van der Waals surface area contributed by atoms with Gasteiger partial charge in [0.25, 0.3) is 5.91 Å². The maximum absolute atomic E-state index is 12.6. The molecule has 33 heavy (non-hydrogen) atoms. The SMILES string of the molecule is Cc1ccc(OCCCNC(=O)c2ccc3c(NC(=O)CC(C)C)cccc3c2O)c(C)c1. The number of fused-ring (bicyclic) bond motifs is 1. The van der Waals surface area contributed by atoms with E-state index >= 15 is 0 Å². The first kappa shape index (κ1) is 24.1. The molecule has 6 heteroatoms. The molecule has 0 saturated carbocycles. The highest BCUT2D eigenvalue weighted by molar-refractivity contribution is 6.08. The molecule has 0 heterocycles. The van der Waals surface area contributed by atoms with Crippen molar-refractivity contribution in [3.63, 3.8) is 0 Å². The number of phenolic OH excluding ortho intramolecular Hbond substituents is 1. The van der Waals surface area contributed by atoms with Crippen molar-refractivity contribution in [1.82, 2.24) is 5.32 Å². The van der Waals surface area contributed by atoms with Crippen LogP contribution in [0, 0.1) is 19.8 Å². The summed E-state index contributed by atoms with van der Waals surface area (Å²) in [4.78, 5) is 24.8. The first-order chi connectivity index (χ1) is 15.8. The number of anilines is 1. The van der Waals surface area contributed by atoms with E-state index in [1.165, 1.54) is 5.56 Å². The number of hydrogen-bond donors (Lipinski definition) is 3. The van der Waals surface area contributed by atoms with E-state index in [0.29, 0.717) is 42.5 Å². The Bertz CT molecular complexity index is 1150. The maximum atomic E-state index is 12.6. The van der Waals surface area contributed by atoms with E-state index in [1.54, 1.807) is 30.3 Å². The molecule has 0 aliphatic heterocycles. The Kier molecular flexibility index (Phi) is 7.93. The van der Waals surface area contributed by atoms with Gasteiger partial charge in [-0.3, -0.25) is 9.59 Å². The van der Waals surface area contributed by atoms with Gasteiger partial charge < -0.3 is 20.5 Å². The van der Waals surface area contributed by atoms with E-state index in [2.05, 4.69) is 16.7 Å². The highest BCUT2D eigenvalue weighted by Gasteiger charge is 2.16. The Hall–Kier alpha value is -3.54. The largest absolute Gasteiger partial charge is 0.506 e. The Labute approximate surface area is 195 Å². The van der Waals surface area contributed by atoms with Crippen LogP contribution < -0.4 is 15.4 Å². The molecule has 0 spiro atoms. The summed E-state index contributed by atoms with van der Waals surface area (Å²) < 4.78 is 5.79. The normalized spacial score (nSPS) is 10.9. The second kappa shape index (κ2) is 10.9.